The van der Waals surface area contributed by atoms with Gasteiger partial charge in [0.05, 0.1) is 23.9 Å². The van der Waals surface area contributed by atoms with Gasteiger partial charge in [-0.3, -0.25) is 19.0 Å². The lowest BCUT2D eigenvalue weighted by Crippen LogP contribution is -2.51. The lowest BCUT2D eigenvalue weighted by atomic mass is 9.97. The Balaban J connectivity index is 1.16. The second-order valence-corrected chi connectivity index (χ2v) is 9.75. The molecule has 3 heterocycles. The molecule has 1 aliphatic carbocycles. The summed E-state index contributed by atoms with van der Waals surface area (Å²) in [6.07, 6.45) is 5.46. The van der Waals surface area contributed by atoms with Crippen LogP contribution in [-0.4, -0.2) is 59.0 Å². The number of anilines is 1. The minimum Gasteiger partial charge on any atom is -0.366 e. The van der Waals surface area contributed by atoms with Gasteiger partial charge in [0, 0.05) is 31.1 Å². The van der Waals surface area contributed by atoms with Crippen molar-refractivity contribution in [2.24, 2.45) is 0 Å². The van der Waals surface area contributed by atoms with E-state index >= 15 is 0 Å². The summed E-state index contributed by atoms with van der Waals surface area (Å²) in [6.45, 7) is 1.62. The highest BCUT2D eigenvalue weighted by atomic mass is 32.1. The van der Waals surface area contributed by atoms with E-state index in [1.165, 1.54) is 21.8 Å². The number of fused-ring (bicyclic) bond motifs is 3. The van der Waals surface area contributed by atoms with Crippen molar-refractivity contribution in [3.8, 4) is 0 Å². The predicted octanol–water partition coefficient (Wildman–Crippen LogP) is 1.94. The van der Waals surface area contributed by atoms with Crippen LogP contribution in [0.2, 0.25) is 0 Å². The first-order valence-electron chi connectivity index (χ1n) is 11.5. The fourth-order valence-electron chi connectivity index (χ4n) is 4.70. The van der Waals surface area contributed by atoms with Crippen LogP contribution in [0.25, 0.3) is 10.2 Å². The molecule has 178 valence electrons. The van der Waals surface area contributed by atoms with Gasteiger partial charge in [0.15, 0.2) is 0 Å². The molecule has 1 aliphatic heterocycles. The van der Waals surface area contributed by atoms with Gasteiger partial charge in [0.2, 0.25) is 11.8 Å². The topological polar surface area (TPSA) is 87.5 Å². The molecule has 5 rings (SSSR count). The van der Waals surface area contributed by atoms with E-state index in [4.69, 9.17) is 0 Å². The normalized spacial score (nSPS) is 15.9. The molecule has 1 aromatic carbocycles. The molecule has 0 radical (unpaired) electrons. The first kappa shape index (κ1) is 22.5. The maximum absolute atomic E-state index is 14.0. The first-order valence-corrected chi connectivity index (χ1v) is 12.4. The van der Waals surface area contributed by atoms with Crippen LogP contribution in [0.15, 0.2) is 35.4 Å². The number of hydrogen-bond donors (Lipinski definition) is 1. The molecule has 2 amide bonds. The van der Waals surface area contributed by atoms with E-state index in [1.807, 2.05) is 4.90 Å². The van der Waals surface area contributed by atoms with E-state index in [0.717, 1.165) is 36.1 Å². The average molecular weight is 484 g/mol. The zero-order valence-electron chi connectivity index (χ0n) is 18.8. The Labute approximate surface area is 200 Å². The Morgan fingerprint density at radius 2 is 1.85 bits per heavy atom. The largest absolute Gasteiger partial charge is 0.366 e. The molecule has 34 heavy (non-hydrogen) atoms. The van der Waals surface area contributed by atoms with Crippen molar-refractivity contribution in [2.75, 3.05) is 37.6 Å². The molecule has 1 fully saturated rings. The number of halogens is 1. The summed E-state index contributed by atoms with van der Waals surface area (Å²) in [7, 11) is 0. The molecule has 1 saturated heterocycles. The number of thiophene rings is 1. The zero-order valence-corrected chi connectivity index (χ0v) is 19.6. The van der Waals surface area contributed by atoms with Crippen LogP contribution < -0.4 is 15.8 Å². The smallest absolute Gasteiger partial charge is 0.262 e. The van der Waals surface area contributed by atoms with E-state index in [1.54, 1.807) is 34.4 Å². The van der Waals surface area contributed by atoms with E-state index in [9.17, 15) is 18.8 Å². The van der Waals surface area contributed by atoms with Crippen molar-refractivity contribution >= 4 is 39.1 Å². The van der Waals surface area contributed by atoms with Crippen LogP contribution in [-0.2, 0) is 29.0 Å². The summed E-state index contributed by atoms with van der Waals surface area (Å²) in [5, 5.41) is 3.26. The number of nitrogens with one attached hydrogen (secondary N) is 1. The minimum absolute atomic E-state index is 0.142. The van der Waals surface area contributed by atoms with Gasteiger partial charge in [0.1, 0.15) is 17.2 Å². The highest BCUT2D eigenvalue weighted by Gasteiger charge is 2.24. The van der Waals surface area contributed by atoms with Crippen molar-refractivity contribution in [3.05, 3.63) is 57.2 Å². The van der Waals surface area contributed by atoms with Gasteiger partial charge >= 0.3 is 0 Å². The van der Waals surface area contributed by atoms with E-state index in [0.29, 0.717) is 37.3 Å². The van der Waals surface area contributed by atoms with Crippen LogP contribution in [0.5, 0.6) is 0 Å². The number of aryl methyl sites for hydroxylation is 2. The average Bonchev–Trinajstić information content (AvgIpc) is 3.24. The molecule has 0 unspecified atom stereocenters. The highest BCUT2D eigenvalue weighted by molar-refractivity contribution is 7.18. The SMILES string of the molecule is O=C(Cn1cnc2sc3c(c2c1=O)CCCC3)NCC(=O)N1CCN(c2ccccc2F)CC1. The molecular weight excluding hydrogens is 457 g/mol. The van der Waals surface area contributed by atoms with E-state index < -0.39 is 5.91 Å². The van der Waals surface area contributed by atoms with Gasteiger partial charge in [-0.15, -0.1) is 11.3 Å². The van der Waals surface area contributed by atoms with Gasteiger partial charge < -0.3 is 15.1 Å². The maximum Gasteiger partial charge on any atom is 0.262 e. The number of hydrogen-bond acceptors (Lipinski definition) is 6. The molecule has 1 N–H and O–H groups in total. The molecule has 10 heteroatoms. The Morgan fingerprint density at radius 3 is 2.65 bits per heavy atom. The number of nitrogens with zero attached hydrogens (tertiary/aromatic N) is 4. The van der Waals surface area contributed by atoms with Crippen LogP contribution in [0, 0.1) is 5.82 Å². The summed E-state index contributed by atoms with van der Waals surface area (Å²) in [4.78, 5) is 48.0. The number of rotatable bonds is 5. The van der Waals surface area contributed by atoms with Crippen LogP contribution in [0.1, 0.15) is 23.3 Å². The molecule has 8 nitrogen and oxygen atoms in total. The Hall–Kier alpha value is -3.27. The molecule has 3 aromatic rings. The lowest BCUT2D eigenvalue weighted by Gasteiger charge is -2.36. The first-order chi connectivity index (χ1) is 16.5. The summed E-state index contributed by atoms with van der Waals surface area (Å²) in [5.74, 6) is -0.888. The Bertz CT molecular complexity index is 1300. The third kappa shape index (κ3) is 4.42. The maximum atomic E-state index is 14.0. The number of benzene rings is 1. The van der Waals surface area contributed by atoms with Gasteiger partial charge in [-0.05, 0) is 43.4 Å². The van der Waals surface area contributed by atoms with Crippen LogP contribution in [0.4, 0.5) is 10.1 Å². The number of carbonyl (C=O) groups is 2. The number of aromatic nitrogens is 2. The molecule has 0 atom stereocenters. The lowest BCUT2D eigenvalue weighted by molar-refractivity contribution is -0.133. The number of amides is 2. The van der Waals surface area contributed by atoms with Crippen molar-refractivity contribution in [2.45, 2.75) is 32.2 Å². The summed E-state index contributed by atoms with van der Waals surface area (Å²) in [6, 6.07) is 6.59. The molecule has 2 aliphatic rings. The number of piperazine rings is 1. The fraction of sp³-hybridized carbons (Fsp3) is 0.417. The standard InChI is InChI=1S/C24H26FN5O3S/c25-17-6-2-3-7-18(17)28-9-11-29(12-10-28)21(32)13-26-20(31)14-30-15-27-23-22(24(30)33)16-5-1-4-8-19(16)34-23/h2-3,6-7,15H,1,4-5,8-14H2,(H,26,31). The fourth-order valence-corrected chi connectivity index (χ4v) is 5.91. The van der Waals surface area contributed by atoms with Crippen LogP contribution in [0.3, 0.4) is 0 Å². The zero-order chi connectivity index (χ0) is 23.7. The number of para-hydroxylation sites is 1. The van der Waals surface area contributed by atoms with Gasteiger partial charge in [-0.25, -0.2) is 9.37 Å². The molecular formula is C24H26FN5O3S. The molecule has 0 spiro atoms. The van der Waals surface area contributed by atoms with Gasteiger partial charge in [0.25, 0.3) is 5.56 Å². The third-order valence-corrected chi connectivity index (χ3v) is 7.72. The molecule has 0 bridgehead atoms. The van der Waals surface area contributed by atoms with Gasteiger partial charge in [-0.2, -0.15) is 0 Å². The van der Waals surface area contributed by atoms with Crippen molar-refractivity contribution in [1.82, 2.24) is 19.8 Å². The van der Waals surface area contributed by atoms with Crippen LogP contribution >= 0.6 is 11.3 Å². The highest BCUT2D eigenvalue weighted by Crippen LogP contribution is 2.33. The monoisotopic (exact) mass is 483 g/mol. The minimum atomic E-state index is -0.411. The second kappa shape index (κ2) is 9.54. The van der Waals surface area contributed by atoms with E-state index in [-0.39, 0.29) is 30.4 Å². The summed E-state index contributed by atoms with van der Waals surface area (Å²) >= 11 is 1.57. The summed E-state index contributed by atoms with van der Waals surface area (Å²) in [5.41, 5.74) is 1.42. The molecule has 2 aromatic heterocycles. The second-order valence-electron chi connectivity index (χ2n) is 8.66. The predicted molar refractivity (Wildman–Crippen MR) is 129 cm³/mol. The third-order valence-electron chi connectivity index (χ3n) is 6.52. The Kier molecular flexibility index (Phi) is 6.32. The van der Waals surface area contributed by atoms with Crippen molar-refractivity contribution < 1.29 is 14.0 Å². The summed E-state index contributed by atoms with van der Waals surface area (Å²) < 4.78 is 15.3. The van der Waals surface area contributed by atoms with Gasteiger partial charge in [-0.1, -0.05) is 12.1 Å². The molecule has 0 saturated carbocycles. The van der Waals surface area contributed by atoms with Crippen molar-refractivity contribution in [1.29, 1.82) is 0 Å². The van der Waals surface area contributed by atoms with E-state index in [2.05, 4.69) is 10.3 Å². The number of carbonyl (C=O) groups excluding carboxylic acids is 2. The Morgan fingerprint density at radius 1 is 1.09 bits per heavy atom. The van der Waals surface area contributed by atoms with Crippen molar-refractivity contribution in [3.63, 3.8) is 0 Å². The quantitative estimate of drug-likeness (QED) is 0.599.